The first-order chi connectivity index (χ1) is 8.26. The molecular formula is C14H19ClN2O. The Balaban J connectivity index is 2.51. The molecular weight excluding hydrogens is 248 g/mol. The highest BCUT2D eigenvalue weighted by atomic mass is 35.5. The Kier molecular flexibility index (Phi) is 3.16. The number of carbonyl (C=O) groups excluding carboxylic acids is 1. The first kappa shape index (κ1) is 13.4. The maximum Gasteiger partial charge on any atom is 0.247 e. The Morgan fingerprint density at radius 1 is 1.22 bits per heavy atom. The minimum atomic E-state index is -0.561. The molecule has 3 nitrogen and oxygen atoms in total. The van der Waals surface area contributed by atoms with Gasteiger partial charge in [0.1, 0.15) is 0 Å². The molecule has 0 unspecified atom stereocenters. The fourth-order valence-corrected chi connectivity index (χ4v) is 2.44. The number of benzene rings is 1. The third-order valence-electron chi connectivity index (χ3n) is 3.40. The lowest BCUT2D eigenvalue weighted by Gasteiger charge is -2.49. The van der Waals surface area contributed by atoms with Crippen LogP contribution in [0.4, 0.5) is 5.69 Å². The quantitative estimate of drug-likeness (QED) is 0.848. The van der Waals surface area contributed by atoms with Crippen molar-refractivity contribution in [1.29, 1.82) is 0 Å². The number of amides is 1. The first-order valence-corrected chi connectivity index (χ1v) is 6.48. The van der Waals surface area contributed by atoms with E-state index < -0.39 is 5.54 Å². The monoisotopic (exact) mass is 266 g/mol. The molecule has 1 saturated heterocycles. The van der Waals surface area contributed by atoms with Crippen molar-refractivity contribution in [3.05, 3.63) is 29.3 Å². The van der Waals surface area contributed by atoms with E-state index in [2.05, 4.69) is 5.32 Å². The van der Waals surface area contributed by atoms with Crippen LogP contribution in [0.25, 0.3) is 0 Å². The predicted molar refractivity (Wildman–Crippen MR) is 75.1 cm³/mol. The van der Waals surface area contributed by atoms with Crippen molar-refractivity contribution in [2.45, 2.75) is 38.8 Å². The number of para-hydroxylation sites is 1. The van der Waals surface area contributed by atoms with Gasteiger partial charge in [-0.25, -0.2) is 0 Å². The zero-order valence-corrected chi connectivity index (χ0v) is 12.0. The summed E-state index contributed by atoms with van der Waals surface area (Å²) >= 11 is 6.23. The third-order valence-corrected chi connectivity index (χ3v) is 3.72. The standard InChI is InChI=1S/C14H19ClN2O/c1-13(2)9-16-14(3,4)12(18)17(13)11-8-6-5-7-10(11)15/h5-8,16H,9H2,1-4H3. The second-order valence-electron chi connectivity index (χ2n) is 5.88. The van der Waals surface area contributed by atoms with Gasteiger partial charge in [-0.2, -0.15) is 0 Å². The van der Waals surface area contributed by atoms with E-state index in [4.69, 9.17) is 11.6 Å². The second-order valence-corrected chi connectivity index (χ2v) is 6.29. The van der Waals surface area contributed by atoms with Crippen LogP contribution in [0.3, 0.4) is 0 Å². The normalized spacial score (nSPS) is 22.1. The minimum Gasteiger partial charge on any atom is -0.303 e. The van der Waals surface area contributed by atoms with Gasteiger partial charge in [0, 0.05) is 6.54 Å². The summed E-state index contributed by atoms with van der Waals surface area (Å²) in [5, 5.41) is 3.89. The molecule has 0 spiro atoms. The van der Waals surface area contributed by atoms with Crippen LogP contribution in [0.1, 0.15) is 27.7 Å². The van der Waals surface area contributed by atoms with E-state index in [1.165, 1.54) is 0 Å². The number of hydrogen-bond donors (Lipinski definition) is 1. The molecule has 1 aromatic carbocycles. The van der Waals surface area contributed by atoms with Gasteiger partial charge in [0.25, 0.3) is 0 Å². The fourth-order valence-electron chi connectivity index (χ4n) is 2.21. The number of piperazine rings is 1. The molecule has 0 aliphatic carbocycles. The molecule has 1 N–H and O–H groups in total. The molecule has 4 heteroatoms. The van der Waals surface area contributed by atoms with Crippen LogP contribution in [0.2, 0.25) is 5.02 Å². The summed E-state index contributed by atoms with van der Waals surface area (Å²) in [5.74, 6) is 0.0480. The lowest BCUT2D eigenvalue weighted by atomic mass is 9.90. The van der Waals surface area contributed by atoms with Gasteiger partial charge in [0.15, 0.2) is 0 Å². The lowest BCUT2D eigenvalue weighted by molar-refractivity contribution is -0.126. The first-order valence-electron chi connectivity index (χ1n) is 6.10. The third kappa shape index (κ3) is 2.13. The van der Waals surface area contributed by atoms with Gasteiger partial charge < -0.3 is 10.2 Å². The zero-order valence-electron chi connectivity index (χ0n) is 11.2. The van der Waals surface area contributed by atoms with Crippen molar-refractivity contribution in [2.24, 2.45) is 0 Å². The molecule has 1 heterocycles. The van der Waals surface area contributed by atoms with Crippen molar-refractivity contribution >= 4 is 23.2 Å². The number of rotatable bonds is 1. The Labute approximate surface area is 113 Å². The summed E-state index contributed by atoms with van der Waals surface area (Å²) in [6.07, 6.45) is 0. The Morgan fingerprint density at radius 2 is 1.83 bits per heavy atom. The summed E-state index contributed by atoms with van der Waals surface area (Å²) in [6.45, 7) is 8.60. The van der Waals surface area contributed by atoms with Gasteiger partial charge in [-0.3, -0.25) is 4.79 Å². The van der Waals surface area contributed by atoms with Crippen molar-refractivity contribution < 1.29 is 4.79 Å². The fraction of sp³-hybridized carbons (Fsp3) is 0.500. The molecule has 1 aliphatic heterocycles. The topological polar surface area (TPSA) is 32.3 Å². The van der Waals surface area contributed by atoms with E-state index in [1.807, 2.05) is 56.9 Å². The highest BCUT2D eigenvalue weighted by Crippen LogP contribution is 2.35. The molecule has 0 aromatic heterocycles. The van der Waals surface area contributed by atoms with Crippen LogP contribution in [-0.4, -0.2) is 23.5 Å². The van der Waals surface area contributed by atoms with E-state index in [1.54, 1.807) is 0 Å². The molecule has 1 aromatic rings. The molecule has 0 bridgehead atoms. The number of halogens is 1. The Bertz CT molecular complexity index is 482. The van der Waals surface area contributed by atoms with Crippen molar-refractivity contribution in [1.82, 2.24) is 5.32 Å². The molecule has 1 amide bonds. The summed E-state index contributed by atoms with van der Waals surface area (Å²) in [5.41, 5.74) is -0.0736. The van der Waals surface area contributed by atoms with Gasteiger partial charge in [-0.05, 0) is 39.8 Å². The van der Waals surface area contributed by atoms with E-state index in [0.29, 0.717) is 5.02 Å². The molecule has 0 saturated carbocycles. The van der Waals surface area contributed by atoms with Gasteiger partial charge in [-0.15, -0.1) is 0 Å². The van der Waals surface area contributed by atoms with Gasteiger partial charge in [0.05, 0.1) is 21.8 Å². The van der Waals surface area contributed by atoms with Crippen molar-refractivity contribution in [2.75, 3.05) is 11.4 Å². The maximum absolute atomic E-state index is 12.6. The SMILES string of the molecule is CC1(C)NCC(C)(C)N(c2ccccc2Cl)C1=O. The van der Waals surface area contributed by atoms with Crippen LogP contribution >= 0.6 is 11.6 Å². The van der Waals surface area contributed by atoms with E-state index in [0.717, 1.165) is 12.2 Å². The molecule has 2 rings (SSSR count). The number of nitrogens with one attached hydrogen (secondary N) is 1. The van der Waals surface area contributed by atoms with E-state index in [-0.39, 0.29) is 11.4 Å². The summed E-state index contributed by atoms with van der Waals surface area (Å²) in [7, 11) is 0. The highest BCUT2D eigenvalue weighted by Gasteiger charge is 2.45. The van der Waals surface area contributed by atoms with Crippen molar-refractivity contribution in [3.63, 3.8) is 0 Å². The lowest BCUT2D eigenvalue weighted by Crippen LogP contribution is -2.69. The van der Waals surface area contributed by atoms with E-state index >= 15 is 0 Å². The predicted octanol–water partition coefficient (Wildman–Crippen LogP) is 2.83. The van der Waals surface area contributed by atoms with Crippen LogP contribution in [0.15, 0.2) is 24.3 Å². The summed E-state index contributed by atoms with van der Waals surface area (Å²) in [6, 6.07) is 7.48. The molecule has 1 aliphatic rings. The smallest absolute Gasteiger partial charge is 0.247 e. The van der Waals surface area contributed by atoms with Gasteiger partial charge >= 0.3 is 0 Å². The highest BCUT2D eigenvalue weighted by molar-refractivity contribution is 6.34. The van der Waals surface area contributed by atoms with Crippen LogP contribution in [-0.2, 0) is 4.79 Å². The number of anilines is 1. The number of hydrogen-bond acceptors (Lipinski definition) is 2. The van der Waals surface area contributed by atoms with Crippen LogP contribution in [0.5, 0.6) is 0 Å². The minimum absolute atomic E-state index is 0.0480. The number of carbonyl (C=O) groups is 1. The maximum atomic E-state index is 12.6. The summed E-state index contributed by atoms with van der Waals surface area (Å²) < 4.78 is 0. The molecule has 18 heavy (non-hydrogen) atoms. The van der Waals surface area contributed by atoms with E-state index in [9.17, 15) is 4.79 Å². The molecule has 98 valence electrons. The largest absolute Gasteiger partial charge is 0.303 e. The number of nitrogens with zero attached hydrogens (tertiary/aromatic N) is 1. The zero-order chi connectivity index (χ0) is 13.6. The molecule has 0 atom stereocenters. The Hall–Kier alpha value is -1.06. The van der Waals surface area contributed by atoms with Crippen molar-refractivity contribution in [3.8, 4) is 0 Å². The molecule has 1 fully saturated rings. The average molecular weight is 267 g/mol. The average Bonchev–Trinajstić information content (AvgIpc) is 2.28. The molecule has 0 radical (unpaired) electrons. The van der Waals surface area contributed by atoms with Crippen LogP contribution < -0.4 is 10.2 Å². The van der Waals surface area contributed by atoms with Gasteiger partial charge in [0.2, 0.25) is 5.91 Å². The second kappa shape index (κ2) is 4.25. The van der Waals surface area contributed by atoms with Gasteiger partial charge in [-0.1, -0.05) is 23.7 Å². The summed E-state index contributed by atoms with van der Waals surface area (Å²) in [4.78, 5) is 14.4. The Morgan fingerprint density at radius 3 is 2.44 bits per heavy atom. The van der Waals surface area contributed by atoms with Crippen LogP contribution in [0, 0.1) is 0 Å².